The molecule has 0 radical (unpaired) electrons. The van der Waals surface area contributed by atoms with Crippen molar-refractivity contribution in [2.24, 2.45) is 4.36 Å². The highest BCUT2D eigenvalue weighted by Gasteiger charge is 2.19. The van der Waals surface area contributed by atoms with E-state index in [1.165, 1.54) is 25.5 Å². The summed E-state index contributed by atoms with van der Waals surface area (Å²) in [6.45, 7) is 5.09. The van der Waals surface area contributed by atoms with Crippen LogP contribution in [-0.2, 0) is 19.2 Å². The van der Waals surface area contributed by atoms with Crippen molar-refractivity contribution in [2.45, 2.75) is 31.3 Å². The fourth-order valence-electron chi connectivity index (χ4n) is 1.93. The molecule has 2 aromatic rings. The molecule has 8 heteroatoms. The van der Waals surface area contributed by atoms with Crippen molar-refractivity contribution in [3.05, 3.63) is 30.0 Å². The minimum Gasteiger partial charge on any atom is -0.463 e. The molecule has 0 fully saturated rings. The predicted molar refractivity (Wildman–Crippen MR) is 88.5 cm³/mol. The maximum Gasteiger partial charge on any atom is 0.442 e. The summed E-state index contributed by atoms with van der Waals surface area (Å²) in [7, 11) is -1.75. The van der Waals surface area contributed by atoms with Crippen molar-refractivity contribution in [1.29, 1.82) is 0 Å². The second kappa shape index (κ2) is 6.27. The van der Waals surface area contributed by atoms with Gasteiger partial charge in [-0.25, -0.2) is 13.8 Å². The molecule has 0 aliphatic rings. The number of amides is 1. The molecule has 1 aromatic carbocycles. The molecule has 0 N–H and O–H groups in total. The lowest BCUT2D eigenvalue weighted by molar-refractivity contribution is 0.0565. The van der Waals surface area contributed by atoms with Crippen molar-refractivity contribution >= 4 is 32.8 Å². The average molecular weight is 353 g/mol. The normalized spacial score (nSPS) is 14.0. The number of carbonyl (C=O) groups excluding carboxylic acids is 2. The summed E-state index contributed by atoms with van der Waals surface area (Å²) in [4.78, 5) is 23.6. The highest BCUT2D eigenvalue weighted by molar-refractivity contribution is 7.93. The van der Waals surface area contributed by atoms with Crippen molar-refractivity contribution in [3.8, 4) is 0 Å². The maximum atomic E-state index is 12.7. The number of nitrogens with zero attached hydrogens (tertiary/aromatic N) is 1. The van der Waals surface area contributed by atoms with E-state index in [0.717, 1.165) is 0 Å². The summed E-state index contributed by atoms with van der Waals surface area (Å²) in [5, 5.41) is 0.557. The first-order valence-electron chi connectivity index (χ1n) is 7.09. The van der Waals surface area contributed by atoms with E-state index in [4.69, 9.17) is 9.15 Å². The first-order chi connectivity index (χ1) is 11.0. The molecular formula is C16H19NO6S. The number of ether oxygens (including phenoxy) is 2. The van der Waals surface area contributed by atoms with Crippen LogP contribution in [0.5, 0.6) is 0 Å². The van der Waals surface area contributed by atoms with Crippen LogP contribution in [0.4, 0.5) is 4.79 Å². The standard InChI is InChI=1S/C16H19NO6S/c1-16(2,3)23-15(19)17-24(5,20)11-6-7-12-10(8-11)9-13(22-12)14(18)21-4/h6-9H,1-5H3. The zero-order chi connectivity index (χ0) is 18.1. The number of esters is 1. The zero-order valence-corrected chi connectivity index (χ0v) is 14.9. The van der Waals surface area contributed by atoms with Gasteiger partial charge in [0.05, 0.1) is 16.8 Å². The van der Waals surface area contributed by atoms with Crippen LogP contribution in [-0.4, -0.2) is 35.2 Å². The Balaban J connectivity index is 2.42. The van der Waals surface area contributed by atoms with Gasteiger partial charge in [-0.1, -0.05) is 0 Å². The van der Waals surface area contributed by atoms with E-state index in [1.54, 1.807) is 32.9 Å². The molecule has 0 saturated carbocycles. The third-order valence-electron chi connectivity index (χ3n) is 2.95. The Bertz CT molecular complexity index is 912. The quantitative estimate of drug-likeness (QED) is 0.765. The van der Waals surface area contributed by atoms with Crippen LogP contribution < -0.4 is 0 Å². The van der Waals surface area contributed by atoms with Gasteiger partial charge in [-0.05, 0) is 45.0 Å². The molecular weight excluding hydrogens is 334 g/mol. The topological polar surface area (TPSA) is 95.2 Å². The second-order valence-electron chi connectivity index (χ2n) is 6.18. The smallest absolute Gasteiger partial charge is 0.442 e. The molecule has 0 saturated heterocycles. The Labute approximate surface area is 140 Å². The molecule has 1 heterocycles. The lowest BCUT2D eigenvalue weighted by Gasteiger charge is -2.17. The molecule has 0 bridgehead atoms. The van der Waals surface area contributed by atoms with Crippen LogP contribution in [0.15, 0.2) is 37.9 Å². The Morgan fingerprint density at radius 1 is 1.21 bits per heavy atom. The average Bonchev–Trinajstić information content (AvgIpc) is 2.86. The number of fused-ring (bicyclic) bond motifs is 1. The van der Waals surface area contributed by atoms with Gasteiger partial charge in [-0.15, -0.1) is 4.36 Å². The van der Waals surface area contributed by atoms with E-state index in [0.29, 0.717) is 15.9 Å². The van der Waals surface area contributed by atoms with Gasteiger partial charge >= 0.3 is 12.1 Å². The molecule has 7 nitrogen and oxygen atoms in total. The van der Waals surface area contributed by atoms with Crippen LogP contribution in [0.25, 0.3) is 11.0 Å². The summed E-state index contributed by atoms with van der Waals surface area (Å²) in [6.07, 6.45) is 0.455. The van der Waals surface area contributed by atoms with Crippen molar-refractivity contribution in [1.82, 2.24) is 0 Å². The van der Waals surface area contributed by atoms with Gasteiger partial charge in [-0.3, -0.25) is 0 Å². The molecule has 0 aliphatic carbocycles. The van der Waals surface area contributed by atoms with E-state index < -0.39 is 27.4 Å². The highest BCUT2D eigenvalue weighted by Crippen LogP contribution is 2.24. The van der Waals surface area contributed by atoms with Gasteiger partial charge in [0.1, 0.15) is 11.2 Å². The number of furan rings is 1. The van der Waals surface area contributed by atoms with Gasteiger partial charge in [-0.2, -0.15) is 0 Å². The lowest BCUT2D eigenvalue weighted by atomic mass is 10.2. The van der Waals surface area contributed by atoms with Gasteiger partial charge in [0.25, 0.3) is 0 Å². The van der Waals surface area contributed by atoms with Crippen LogP contribution in [0.3, 0.4) is 0 Å². The summed E-state index contributed by atoms with van der Waals surface area (Å²) in [6, 6.07) is 6.13. The van der Waals surface area contributed by atoms with E-state index >= 15 is 0 Å². The van der Waals surface area contributed by atoms with Crippen molar-refractivity contribution in [3.63, 3.8) is 0 Å². The van der Waals surface area contributed by atoms with Gasteiger partial charge < -0.3 is 13.9 Å². The summed E-state index contributed by atoms with van der Waals surface area (Å²) in [5.74, 6) is -0.570. The monoisotopic (exact) mass is 353 g/mol. The molecule has 1 atom stereocenters. The van der Waals surface area contributed by atoms with Gasteiger partial charge in [0, 0.05) is 16.5 Å². The fourth-order valence-corrected chi connectivity index (χ4v) is 3.03. The molecule has 1 aromatic heterocycles. The maximum absolute atomic E-state index is 12.7. The number of benzene rings is 1. The molecule has 130 valence electrons. The predicted octanol–water partition coefficient (Wildman–Crippen LogP) is 3.61. The van der Waals surface area contributed by atoms with Crippen LogP contribution >= 0.6 is 0 Å². The first-order valence-corrected chi connectivity index (χ1v) is 9.01. The minimum absolute atomic E-state index is 0.0383. The largest absolute Gasteiger partial charge is 0.463 e. The van der Waals surface area contributed by atoms with E-state index in [2.05, 4.69) is 9.10 Å². The van der Waals surface area contributed by atoms with Gasteiger partial charge in [0.15, 0.2) is 0 Å². The Kier molecular flexibility index (Phi) is 4.70. The SMILES string of the molecule is COC(=O)c1cc2cc(S(C)(=O)=NC(=O)OC(C)(C)C)ccc2o1. The molecule has 1 amide bonds. The Morgan fingerprint density at radius 2 is 1.88 bits per heavy atom. The number of hydrogen-bond acceptors (Lipinski definition) is 6. The Morgan fingerprint density at radius 3 is 2.46 bits per heavy atom. The summed E-state index contributed by atoms with van der Waals surface area (Å²) >= 11 is 0. The number of methoxy groups -OCH3 is 1. The van der Waals surface area contributed by atoms with Gasteiger partial charge in [0.2, 0.25) is 5.76 Å². The van der Waals surface area contributed by atoms with Crippen molar-refractivity contribution < 1.29 is 27.7 Å². The van der Waals surface area contributed by atoms with E-state index in [-0.39, 0.29) is 5.76 Å². The molecule has 1 unspecified atom stereocenters. The molecule has 2 rings (SSSR count). The van der Waals surface area contributed by atoms with Crippen LogP contribution in [0, 0.1) is 0 Å². The third-order valence-corrected chi connectivity index (χ3v) is 4.58. The van der Waals surface area contributed by atoms with E-state index in [9.17, 15) is 13.8 Å². The number of rotatable bonds is 2. The summed E-state index contributed by atoms with van der Waals surface area (Å²) < 4.78 is 31.4. The lowest BCUT2D eigenvalue weighted by Crippen LogP contribution is -2.22. The highest BCUT2D eigenvalue weighted by atomic mass is 32.2. The molecule has 0 aliphatic heterocycles. The number of hydrogen-bond donors (Lipinski definition) is 0. The van der Waals surface area contributed by atoms with Crippen molar-refractivity contribution in [2.75, 3.05) is 13.4 Å². The molecule has 0 spiro atoms. The van der Waals surface area contributed by atoms with Crippen LogP contribution in [0.1, 0.15) is 31.3 Å². The Hall–Kier alpha value is -2.35. The van der Waals surface area contributed by atoms with Crippen LogP contribution in [0.2, 0.25) is 0 Å². The first kappa shape index (κ1) is 18.0. The third kappa shape index (κ3) is 4.14. The second-order valence-corrected chi connectivity index (χ2v) is 8.44. The minimum atomic E-state index is -3.00. The summed E-state index contributed by atoms with van der Waals surface area (Å²) in [5.41, 5.74) is -0.286. The fraction of sp³-hybridized carbons (Fsp3) is 0.375. The molecule has 24 heavy (non-hydrogen) atoms. The van der Waals surface area contributed by atoms with E-state index in [1.807, 2.05) is 0 Å². The number of carbonyl (C=O) groups is 2. The zero-order valence-electron chi connectivity index (χ0n) is 14.1.